The lowest BCUT2D eigenvalue weighted by molar-refractivity contribution is -0.0242. The van der Waals surface area contributed by atoms with Gasteiger partial charge in [-0.3, -0.25) is 0 Å². The molecule has 0 radical (unpaired) electrons. The second-order valence-corrected chi connectivity index (χ2v) is 6.35. The minimum absolute atomic E-state index is 0.291. The second-order valence-electron chi connectivity index (χ2n) is 6.35. The maximum absolute atomic E-state index is 10.4. The van der Waals surface area contributed by atoms with E-state index in [-0.39, 0.29) is 0 Å². The molecule has 0 aliphatic heterocycles. The van der Waals surface area contributed by atoms with Gasteiger partial charge in [-0.15, -0.1) is 0 Å². The molecule has 0 heterocycles. The van der Waals surface area contributed by atoms with Crippen LogP contribution in [0.4, 0.5) is 0 Å². The summed E-state index contributed by atoms with van der Waals surface area (Å²) >= 11 is 0. The topological polar surface area (TPSA) is 52.5 Å². The third-order valence-corrected chi connectivity index (χ3v) is 4.00. The second kappa shape index (κ2) is 6.72. The van der Waals surface area contributed by atoms with Gasteiger partial charge < -0.3 is 15.5 Å². The van der Waals surface area contributed by atoms with Crippen molar-refractivity contribution >= 4 is 0 Å². The zero-order chi connectivity index (χ0) is 12.8. The van der Waals surface area contributed by atoms with E-state index in [1.54, 1.807) is 0 Å². The number of unbranched alkanes of at least 4 members (excludes halogenated alkanes) is 2. The van der Waals surface area contributed by atoms with Crippen molar-refractivity contribution in [3.05, 3.63) is 0 Å². The number of hydrogen-bond donors (Lipinski definition) is 3. The summed E-state index contributed by atoms with van der Waals surface area (Å²) in [6.45, 7) is 6.54. The van der Waals surface area contributed by atoms with E-state index in [1.165, 1.54) is 0 Å². The molecule has 0 aromatic heterocycles. The minimum Gasteiger partial charge on any atom is -0.396 e. The number of hydrogen-bond acceptors (Lipinski definition) is 3. The molecule has 1 fully saturated rings. The maximum atomic E-state index is 10.4. The largest absolute Gasteiger partial charge is 0.396 e. The third kappa shape index (κ3) is 5.84. The van der Waals surface area contributed by atoms with E-state index in [0.29, 0.717) is 12.0 Å². The highest BCUT2D eigenvalue weighted by atomic mass is 16.3. The molecule has 1 aliphatic rings. The van der Waals surface area contributed by atoms with Crippen LogP contribution < -0.4 is 5.32 Å². The molecule has 102 valence electrons. The normalized spacial score (nSPS) is 22.6. The van der Waals surface area contributed by atoms with Crippen molar-refractivity contribution in [3.8, 4) is 0 Å². The molecule has 1 aliphatic carbocycles. The fourth-order valence-electron chi connectivity index (χ4n) is 2.43. The van der Waals surface area contributed by atoms with Crippen molar-refractivity contribution in [1.29, 1.82) is 0 Å². The highest BCUT2D eigenvalue weighted by Crippen LogP contribution is 2.39. The maximum Gasteiger partial charge on any atom is 0.0772 e. The van der Waals surface area contributed by atoms with E-state index in [2.05, 4.69) is 19.2 Å². The Bertz CT molecular complexity index is 206. The molecule has 1 saturated carbocycles. The molecule has 0 saturated heterocycles. The summed E-state index contributed by atoms with van der Waals surface area (Å²) in [5.41, 5.74) is -0.0696. The van der Waals surface area contributed by atoms with Crippen LogP contribution in [-0.4, -0.2) is 35.5 Å². The molecule has 0 amide bonds. The van der Waals surface area contributed by atoms with Gasteiger partial charge in [0.25, 0.3) is 0 Å². The summed E-state index contributed by atoms with van der Waals surface area (Å²) in [6, 6.07) is 0. The molecule has 0 aromatic rings. The van der Waals surface area contributed by atoms with Gasteiger partial charge in [-0.1, -0.05) is 13.8 Å². The molecular formula is C14H29NO2. The summed E-state index contributed by atoms with van der Waals surface area (Å²) < 4.78 is 0. The summed E-state index contributed by atoms with van der Waals surface area (Å²) in [5, 5.41) is 22.4. The van der Waals surface area contributed by atoms with Crippen LogP contribution in [0.2, 0.25) is 0 Å². The van der Waals surface area contributed by atoms with E-state index in [0.717, 1.165) is 58.0 Å². The average molecular weight is 243 g/mol. The van der Waals surface area contributed by atoms with Crippen LogP contribution in [-0.2, 0) is 0 Å². The van der Waals surface area contributed by atoms with E-state index >= 15 is 0 Å². The summed E-state index contributed by atoms with van der Waals surface area (Å²) in [7, 11) is 0. The van der Waals surface area contributed by atoms with Gasteiger partial charge in [0.2, 0.25) is 0 Å². The Hall–Kier alpha value is -0.120. The lowest BCUT2D eigenvalue weighted by Gasteiger charge is -2.40. The molecule has 3 nitrogen and oxygen atoms in total. The van der Waals surface area contributed by atoms with Crippen LogP contribution in [0, 0.1) is 5.41 Å². The zero-order valence-electron chi connectivity index (χ0n) is 11.5. The standard InChI is InChI=1S/C14H29NO2/c1-13(2)6-8-14(17,9-7-13)12-15-10-4-3-5-11-16/h15-17H,3-12H2,1-2H3. The number of aliphatic hydroxyl groups excluding tert-OH is 1. The Labute approximate surface area is 106 Å². The molecule has 17 heavy (non-hydrogen) atoms. The molecular weight excluding hydrogens is 214 g/mol. The van der Waals surface area contributed by atoms with E-state index < -0.39 is 5.60 Å². The van der Waals surface area contributed by atoms with Gasteiger partial charge in [-0.05, 0) is 56.9 Å². The summed E-state index contributed by atoms with van der Waals surface area (Å²) in [5.74, 6) is 0. The quantitative estimate of drug-likeness (QED) is 0.600. The Balaban J connectivity index is 2.10. The Morgan fingerprint density at radius 2 is 1.65 bits per heavy atom. The number of nitrogens with one attached hydrogen (secondary N) is 1. The lowest BCUT2D eigenvalue weighted by Crippen LogP contribution is -2.45. The molecule has 3 N–H and O–H groups in total. The van der Waals surface area contributed by atoms with Crippen molar-refractivity contribution < 1.29 is 10.2 Å². The van der Waals surface area contributed by atoms with Crippen molar-refractivity contribution in [2.45, 2.75) is 64.4 Å². The first-order valence-electron chi connectivity index (χ1n) is 7.01. The molecule has 0 atom stereocenters. The Morgan fingerprint density at radius 1 is 1.00 bits per heavy atom. The van der Waals surface area contributed by atoms with E-state index in [4.69, 9.17) is 5.11 Å². The zero-order valence-corrected chi connectivity index (χ0v) is 11.5. The van der Waals surface area contributed by atoms with Crippen LogP contribution in [0.3, 0.4) is 0 Å². The highest BCUT2D eigenvalue weighted by Gasteiger charge is 2.36. The van der Waals surface area contributed by atoms with Crippen LogP contribution in [0.15, 0.2) is 0 Å². The highest BCUT2D eigenvalue weighted by molar-refractivity contribution is 4.90. The van der Waals surface area contributed by atoms with Crippen LogP contribution in [0.5, 0.6) is 0 Å². The predicted molar refractivity (Wildman–Crippen MR) is 71.0 cm³/mol. The summed E-state index contributed by atoms with van der Waals surface area (Å²) in [4.78, 5) is 0. The SMILES string of the molecule is CC1(C)CCC(O)(CNCCCCCO)CC1. The molecule has 0 aromatic carbocycles. The number of aliphatic hydroxyl groups is 2. The van der Waals surface area contributed by atoms with Gasteiger partial charge in [0, 0.05) is 13.2 Å². The van der Waals surface area contributed by atoms with Crippen LogP contribution in [0.25, 0.3) is 0 Å². The van der Waals surface area contributed by atoms with Gasteiger partial charge >= 0.3 is 0 Å². The van der Waals surface area contributed by atoms with Gasteiger partial charge in [0.15, 0.2) is 0 Å². The molecule has 0 spiro atoms. The third-order valence-electron chi connectivity index (χ3n) is 4.00. The molecule has 0 unspecified atom stereocenters. The molecule has 0 bridgehead atoms. The van der Waals surface area contributed by atoms with E-state index in [1.807, 2.05) is 0 Å². The predicted octanol–water partition coefficient (Wildman–Crippen LogP) is 2.07. The monoisotopic (exact) mass is 243 g/mol. The molecule has 1 rings (SSSR count). The van der Waals surface area contributed by atoms with Crippen molar-refractivity contribution in [3.63, 3.8) is 0 Å². The number of rotatable bonds is 7. The fourth-order valence-corrected chi connectivity index (χ4v) is 2.43. The summed E-state index contributed by atoms with van der Waals surface area (Å²) in [6.07, 6.45) is 7.12. The minimum atomic E-state index is -0.480. The van der Waals surface area contributed by atoms with Gasteiger partial charge in [-0.2, -0.15) is 0 Å². The van der Waals surface area contributed by atoms with E-state index in [9.17, 15) is 5.11 Å². The van der Waals surface area contributed by atoms with Crippen molar-refractivity contribution in [1.82, 2.24) is 5.32 Å². The first-order chi connectivity index (χ1) is 7.97. The average Bonchev–Trinajstić information content (AvgIpc) is 2.28. The van der Waals surface area contributed by atoms with Crippen molar-refractivity contribution in [2.75, 3.05) is 19.7 Å². The first kappa shape index (κ1) is 14.9. The Kier molecular flexibility index (Phi) is 5.90. The fraction of sp³-hybridized carbons (Fsp3) is 1.00. The van der Waals surface area contributed by atoms with Gasteiger partial charge in [0.05, 0.1) is 5.60 Å². The van der Waals surface area contributed by atoms with Crippen molar-refractivity contribution in [2.24, 2.45) is 5.41 Å². The van der Waals surface area contributed by atoms with Crippen LogP contribution >= 0.6 is 0 Å². The Morgan fingerprint density at radius 3 is 2.24 bits per heavy atom. The van der Waals surface area contributed by atoms with Gasteiger partial charge in [0.1, 0.15) is 0 Å². The smallest absolute Gasteiger partial charge is 0.0772 e. The lowest BCUT2D eigenvalue weighted by atomic mass is 9.71. The van der Waals surface area contributed by atoms with Crippen LogP contribution in [0.1, 0.15) is 58.8 Å². The first-order valence-corrected chi connectivity index (χ1v) is 7.01. The van der Waals surface area contributed by atoms with Gasteiger partial charge in [-0.25, -0.2) is 0 Å². The molecule has 3 heteroatoms.